The van der Waals surface area contributed by atoms with Crippen molar-refractivity contribution in [2.75, 3.05) is 0 Å². The molecule has 0 spiro atoms. The van der Waals surface area contributed by atoms with Crippen molar-refractivity contribution in [3.63, 3.8) is 0 Å². The van der Waals surface area contributed by atoms with Gasteiger partial charge in [0, 0.05) is 0 Å². The summed E-state index contributed by atoms with van der Waals surface area (Å²) >= 11 is 0. The van der Waals surface area contributed by atoms with Crippen LogP contribution in [0.1, 0.15) is 103 Å². The third kappa shape index (κ3) is 7.38. The Bertz CT molecular complexity index is 1230. The number of hydrogen-bond donors (Lipinski definition) is 0. The summed E-state index contributed by atoms with van der Waals surface area (Å²) in [5.74, 6) is 3.03. The van der Waals surface area contributed by atoms with Crippen LogP contribution in [0.5, 0.6) is 11.5 Å². The number of carbonyl (C=O) groups is 2. The maximum Gasteiger partial charge on any atom is 0.343 e. The molecular formula is C35H40O4. The van der Waals surface area contributed by atoms with Crippen molar-refractivity contribution < 1.29 is 19.1 Å². The number of hydrogen-bond acceptors (Lipinski definition) is 4. The summed E-state index contributed by atoms with van der Waals surface area (Å²) in [6, 6.07) is 22.2. The monoisotopic (exact) mass is 524 g/mol. The second-order valence-corrected chi connectivity index (χ2v) is 11.9. The van der Waals surface area contributed by atoms with Gasteiger partial charge in [-0.05, 0) is 115 Å². The number of esters is 2. The molecule has 0 bridgehead atoms. The van der Waals surface area contributed by atoms with Crippen LogP contribution >= 0.6 is 0 Å². The van der Waals surface area contributed by atoms with Crippen molar-refractivity contribution in [2.24, 2.45) is 17.8 Å². The fraction of sp³-hybridized carbons (Fsp3) is 0.429. The molecule has 0 N–H and O–H groups in total. The molecule has 0 unspecified atom stereocenters. The van der Waals surface area contributed by atoms with Crippen LogP contribution in [0.3, 0.4) is 0 Å². The molecule has 3 aromatic carbocycles. The summed E-state index contributed by atoms with van der Waals surface area (Å²) in [7, 11) is 0. The molecule has 4 nitrogen and oxygen atoms in total. The zero-order valence-corrected chi connectivity index (χ0v) is 23.2. The lowest BCUT2D eigenvalue weighted by Gasteiger charge is -2.26. The van der Waals surface area contributed by atoms with Gasteiger partial charge >= 0.3 is 11.9 Å². The van der Waals surface area contributed by atoms with Gasteiger partial charge in [-0.3, -0.25) is 0 Å². The highest BCUT2D eigenvalue weighted by Crippen LogP contribution is 2.35. The van der Waals surface area contributed by atoms with E-state index in [0.29, 0.717) is 28.5 Å². The Kier molecular flexibility index (Phi) is 8.81. The topological polar surface area (TPSA) is 52.6 Å². The molecule has 0 aromatic heterocycles. The highest BCUT2D eigenvalue weighted by Gasteiger charge is 2.21. The van der Waals surface area contributed by atoms with E-state index >= 15 is 0 Å². The van der Waals surface area contributed by atoms with Crippen LogP contribution in [0.2, 0.25) is 0 Å². The van der Waals surface area contributed by atoms with Crippen LogP contribution in [-0.4, -0.2) is 11.9 Å². The molecule has 2 aliphatic carbocycles. The first-order chi connectivity index (χ1) is 18.9. The van der Waals surface area contributed by atoms with Gasteiger partial charge in [0.15, 0.2) is 0 Å². The fourth-order valence-electron chi connectivity index (χ4n) is 6.04. The molecule has 2 fully saturated rings. The third-order valence-corrected chi connectivity index (χ3v) is 8.73. The number of carbonyl (C=O) groups excluding carboxylic acids is 2. The van der Waals surface area contributed by atoms with Gasteiger partial charge in [0.1, 0.15) is 11.5 Å². The number of ether oxygens (including phenoxy) is 2. The van der Waals surface area contributed by atoms with E-state index in [0.717, 1.165) is 24.2 Å². The van der Waals surface area contributed by atoms with Gasteiger partial charge in [0.05, 0.1) is 11.1 Å². The largest absolute Gasteiger partial charge is 0.423 e. The Hall–Kier alpha value is -3.40. The predicted octanol–water partition coefficient (Wildman–Crippen LogP) is 8.79. The van der Waals surface area contributed by atoms with E-state index in [-0.39, 0.29) is 0 Å². The molecule has 39 heavy (non-hydrogen) atoms. The van der Waals surface area contributed by atoms with E-state index in [9.17, 15) is 9.59 Å². The minimum absolute atomic E-state index is 0.397. The number of rotatable bonds is 7. The van der Waals surface area contributed by atoms with E-state index in [1.165, 1.54) is 62.5 Å². The second-order valence-electron chi connectivity index (χ2n) is 11.9. The Morgan fingerprint density at radius 2 is 1.03 bits per heavy atom. The number of benzene rings is 3. The van der Waals surface area contributed by atoms with Crippen molar-refractivity contribution in [1.29, 1.82) is 0 Å². The summed E-state index contributed by atoms with van der Waals surface area (Å²) in [4.78, 5) is 25.3. The molecule has 5 rings (SSSR count). The van der Waals surface area contributed by atoms with Crippen LogP contribution in [0, 0.1) is 17.8 Å². The minimum atomic E-state index is -0.398. The van der Waals surface area contributed by atoms with Crippen LogP contribution in [-0.2, 0) is 6.42 Å². The van der Waals surface area contributed by atoms with Gasteiger partial charge in [0.25, 0.3) is 0 Å². The molecule has 0 saturated heterocycles. The third-order valence-electron chi connectivity index (χ3n) is 8.73. The quantitative estimate of drug-likeness (QED) is 0.229. The predicted molar refractivity (Wildman–Crippen MR) is 154 cm³/mol. The molecule has 3 aromatic rings. The maximum absolute atomic E-state index is 12.7. The highest BCUT2D eigenvalue weighted by molar-refractivity contribution is 5.92. The Labute approximate surface area is 232 Å². The second kappa shape index (κ2) is 12.6. The van der Waals surface area contributed by atoms with Crippen molar-refractivity contribution in [3.05, 3.63) is 95.1 Å². The first-order valence-electron chi connectivity index (χ1n) is 14.7. The first-order valence-corrected chi connectivity index (χ1v) is 14.7. The molecule has 0 radical (unpaired) electrons. The highest BCUT2D eigenvalue weighted by atomic mass is 16.5. The Balaban J connectivity index is 1.11. The summed E-state index contributed by atoms with van der Waals surface area (Å²) in [6.07, 6.45) is 11.3. The Morgan fingerprint density at radius 1 is 0.590 bits per heavy atom. The standard InChI is InChI=1S/C35H40O4/c1-24-3-7-26(8-4-24)23-27-9-13-30(14-10-27)34(36)38-32-19-21-33(22-20-32)39-35(37)31-17-15-29(16-18-31)28-11-5-25(2)6-12-28/h9-10,13-22,24-26,28H,3-8,11-12,23H2,1-2H3. The minimum Gasteiger partial charge on any atom is -0.423 e. The van der Waals surface area contributed by atoms with Crippen molar-refractivity contribution in [2.45, 2.75) is 77.6 Å². The smallest absolute Gasteiger partial charge is 0.343 e. The summed E-state index contributed by atoms with van der Waals surface area (Å²) in [5, 5.41) is 0. The molecular weight excluding hydrogens is 484 g/mol. The normalized spacial score (nSPS) is 23.1. The van der Waals surface area contributed by atoms with E-state index in [4.69, 9.17) is 9.47 Å². The summed E-state index contributed by atoms with van der Waals surface area (Å²) in [6.45, 7) is 4.66. The SMILES string of the molecule is CC1CCC(Cc2ccc(C(=O)Oc3ccc(OC(=O)c4ccc(C5CCC(C)CC5)cc4)cc3)cc2)CC1. The van der Waals surface area contributed by atoms with E-state index in [2.05, 4.69) is 26.0 Å². The van der Waals surface area contributed by atoms with E-state index < -0.39 is 11.9 Å². The molecule has 0 aliphatic heterocycles. The van der Waals surface area contributed by atoms with E-state index in [1.807, 2.05) is 36.4 Å². The fourth-order valence-corrected chi connectivity index (χ4v) is 6.04. The van der Waals surface area contributed by atoms with Crippen LogP contribution < -0.4 is 9.47 Å². The molecule has 2 aliphatic rings. The Morgan fingerprint density at radius 3 is 1.51 bits per heavy atom. The molecule has 4 heteroatoms. The lowest BCUT2D eigenvalue weighted by molar-refractivity contribution is 0.0719. The van der Waals surface area contributed by atoms with Gasteiger partial charge in [0.2, 0.25) is 0 Å². The zero-order chi connectivity index (χ0) is 27.2. The van der Waals surface area contributed by atoms with Crippen molar-refractivity contribution in [3.8, 4) is 11.5 Å². The maximum atomic E-state index is 12.7. The van der Waals surface area contributed by atoms with E-state index in [1.54, 1.807) is 24.3 Å². The first kappa shape index (κ1) is 27.2. The van der Waals surface area contributed by atoms with Crippen LogP contribution in [0.4, 0.5) is 0 Å². The van der Waals surface area contributed by atoms with Crippen molar-refractivity contribution >= 4 is 11.9 Å². The van der Waals surface area contributed by atoms with Gasteiger partial charge < -0.3 is 9.47 Å². The van der Waals surface area contributed by atoms with Crippen LogP contribution in [0.25, 0.3) is 0 Å². The molecule has 0 amide bonds. The van der Waals surface area contributed by atoms with Crippen molar-refractivity contribution in [1.82, 2.24) is 0 Å². The summed E-state index contributed by atoms with van der Waals surface area (Å²) in [5.41, 5.74) is 3.63. The average Bonchev–Trinajstić information content (AvgIpc) is 2.96. The lowest BCUT2D eigenvalue weighted by Crippen LogP contribution is -2.14. The zero-order valence-electron chi connectivity index (χ0n) is 23.2. The van der Waals surface area contributed by atoms with Gasteiger partial charge in [-0.15, -0.1) is 0 Å². The molecule has 0 atom stereocenters. The molecule has 204 valence electrons. The van der Waals surface area contributed by atoms with Gasteiger partial charge in [-0.25, -0.2) is 9.59 Å². The van der Waals surface area contributed by atoms with Gasteiger partial charge in [-0.1, -0.05) is 63.8 Å². The molecule has 2 saturated carbocycles. The molecule has 0 heterocycles. The lowest BCUT2D eigenvalue weighted by atomic mass is 9.79. The average molecular weight is 525 g/mol. The van der Waals surface area contributed by atoms with Gasteiger partial charge in [-0.2, -0.15) is 0 Å². The summed E-state index contributed by atoms with van der Waals surface area (Å²) < 4.78 is 11.1. The van der Waals surface area contributed by atoms with Crippen LogP contribution in [0.15, 0.2) is 72.8 Å².